The van der Waals surface area contributed by atoms with Gasteiger partial charge in [0.15, 0.2) is 5.82 Å². The highest BCUT2D eigenvalue weighted by Crippen LogP contribution is 2.24. The van der Waals surface area contributed by atoms with E-state index in [1.165, 1.54) is 4.88 Å². The van der Waals surface area contributed by atoms with Gasteiger partial charge in [-0.1, -0.05) is 25.1 Å². The van der Waals surface area contributed by atoms with Gasteiger partial charge < -0.3 is 4.52 Å². The monoisotopic (exact) mass is 265 g/mol. The van der Waals surface area contributed by atoms with Crippen molar-refractivity contribution < 1.29 is 4.52 Å². The minimum absolute atomic E-state index is 0.308. The molecule has 4 nitrogen and oxygen atoms in total. The van der Waals surface area contributed by atoms with Gasteiger partial charge in [0.05, 0.1) is 6.54 Å². The van der Waals surface area contributed by atoms with Crippen LogP contribution in [0.1, 0.15) is 49.3 Å². The molecule has 2 rings (SSSR count). The van der Waals surface area contributed by atoms with Crippen LogP contribution in [0, 0.1) is 0 Å². The summed E-state index contributed by atoms with van der Waals surface area (Å²) in [6.07, 6.45) is 0. The fourth-order valence-electron chi connectivity index (χ4n) is 1.66. The van der Waals surface area contributed by atoms with Crippen LogP contribution >= 0.6 is 11.3 Å². The Morgan fingerprint density at radius 1 is 1.39 bits per heavy atom. The minimum Gasteiger partial charge on any atom is -0.338 e. The second-order valence-corrected chi connectivity index (χ2v) is 5.79. The zero-order valence-corrected chi connectivity index (χ0v) is 12.1. The zero-order valence-electron chi connectivity index (χ0n) is 11.3. The Kier molecular flexibility index (Phi) is 4.14. The lowest BCUT2D eigenvalue weighted by Crippen LogP contribution is -2.21. The van der Waals surface area contributed by atoms with Crippen molar-refractivity contribution in [3.05, 3.63) is 34.1 Å². The maximum Gasteiger partial charge on any atom is 0.240 e. The van der Waals surface area contributed by atoms with Gasteiger partial charge in [-0.3, -0.25) is 4.90 Å². The molecule has 0 fully saturated rings. The van der Waals surface area contributed by atoms with E-state index in [1.54, 1.807) is 11.3 Å². The summed E-state index contributed by atoms with van der Waals surface area (Å²) >= 11 is 1.77. The van der Waals surface area contributed by atoms with E-state index in [0.29, 0.717) is 24.4 Å². The molecule has 98 valence electrons. The molecule has 0 saturated carbocycles. The average Bonchev–Trinajstić information content (AvgIpc) is 2.98. The second-order valence-electron chi connectivity index (χ2n) is 4.81. The van der Waals surface area contributed by atoms with Crippen LogP contribution in [0.4, 0.5) is 0 Å². The van der Waals surface area contributed by atoms with Crippen LogP contribution in [-0.4, -0.2) is 22.1 Å². The summed E-state index contributed by atoms with van der Waals surface area (Å²) in [7, 11) is 2.07. The number of hydrogen-bond donors (Lipinski definition) is 0. The Bertz CT molecular complexity index is 478. The summed E-state index contributed by atoms with van der Waals surface area (Å²) in [5.74, 6) is 1.77. The Balaban J connectivity index is 2.00. The highest BCUT2D eigenvalue weighted by Gasteiger charge is 2.16. The molecule has 18 heavy (non-hydrogen) atoms. The molecule has 1 atom stereocenters. The fourth-order valence-corrected chi connectivity index (χ4v) is 2.51. The Morgan fingerprint density at radius 3 is 2.72 bits per heavy atom. The van der Waals surface area contributed by atoms with Crippen molar-refractivity contribution >= 4 is 11.3 Å². The van der Waals surface area contributed by atoms with Gasteiger partial charge in [0.1, 0.15) is 0 Å². The molecule has 0 amide bonds. The smallest absolute Gasteiger partial charge is 0.240 e. The van der Waals surface area contributed by atoms with Gasteiger partial charge in [-0.25, -0.2) is 0 Å². The van der Waals surface area contributed by atoms with Crippen molar-refractivity contribution in [2.24, 2.45) is 0 Å². The van der Waals surface area contributed by atoms with E-state index in [9.17, 15) is 0 Å². The molecule has 2 heterocycles. The summed E-state index contributed by atoms with van der Waals surface area (Å²) in [5.41, 5.74) is 0. The van der Waals surface area contributed by atoms with Crippen LogP contribution in [0.15, 0.2) is 22.0 Å². The molecule has 5 heteroatoms. The summed E-state index contributed by atoms with van der Waals surface area (Å²) in [4.78, 5) is 7.96. The van der Waals surface area contributed by atoms with Crippen LogP contribution in [0.5, 0.6) is 0 Å². The fraction of sp³-hybridized carbons (Fsp3) is 0.538. The second kappa shape index (κ2) is 5.63. The third-order valence-electron chi connectivity index (χ3n) is 3.00. The van der Waals surface area contributed by atoms with Gasteiger partial charge in [-0.15, -0.1) is 11.3 Å². The summed E-state index contributed by atoms with van der Waals surface area (Å²) < 4.78 is 5.26. The van der Waals surface area contributed by atoms with E-state index in [2.05, 4.69) is 60.4 Å². The molecule has 0 spiro atoms. The van der Waals surface area contributed by atoms with Gasteiger partial charge in [0.25, 0.3) is 0 Å². The Labute approximate surface area is 112 Å². The summed E-state index contributed by atoms with van der Waals surface area (Å²) in [6.45, 7) is 6.99. The number of hydrogen-bond acceptors (Lipinski definition) is 5. The number of rotatable bonds is 5. The standard InChI is InChI=1S/C13H19N3OS/c1-9(2)13-14-12(17-15-13)8-16(4)10(3)11-6-5-7-18-11/h5-7,9-10H,8H2,1-4H3/t10-/m1/s1. The van der Waals surface area contributed by atoms with Crippen molar-refractivity contribution in [3.63, 3.8) is 0 Å². The maximum absolute atomic E-state index is 5.26. The predicted octanol–water partition coefficient (Wildman–Crippen LogP) is 3.45. The lowest BCUT2D eigenvalue weighted by atomic mass is 10.2. The van der Waals surface area contributed by atoms with Crippen molar-refractivity contribution in [2.45, 2.75) is 39.3 Å². The first-order valence-corrected chi connectivity index (χ1v) is 7.02. The van der Waals surface area contributed by atoms with Crippen molar-refractivity contribution in [1.29, 1.82) is 0 Å². The third-order valence-corrected chi connectivity index (χ3v) is 4.04. The Hall–Kier alpha value is -1.20. The van der Waals surface area contributed by atoms with E-state index >= 15 is 0 Å². The summed E-state index contributed by atoms with van der Waals surface area (Å²) in [6, 6.07) is 4.59. The molecular formula is C13H19N3OS. The molecule has 2 aromatic heterocycles. The Morgan fingerprint density at radius 2 is 2.17 bits per heavy atom. The molecule has 0 aliphatic heterocycles. The molecule has 0 aromatic carbocycles. The molecule has 0 N–H and O–H groups in total. The lowest BCUT2D eigenvalue weighted by Gasteiger charge is -2.21. The number of nitrogens with zero attached hydrogens (tertiary/aromatic N) is 3. The van der Waals surface area contributed by atoms with Gasteiger partial charge in [-0.05, 0) is 25.4 Å². The first kappa shape index (κ1) is 13.2. The van der Waals surface area contributed by atoms with Crippen LogP contribution in [-0.2, 0) is 6.54 Å². The molecule has 0 unspecified atom stereocenters. The summed E-state index contributed by atoms with van der Waals surface area (Å²) in [5, 5.41) is 6.08. The molecule has 0 bridgehead atoms. The number of thiophene rings is 1. The highest BCUT2D eigenvalue weighted by molar-refractivity contribution is 7.10. The van der Waals surface area contributed by atoms with E-state index in [1.807, 2.05) is 0 Å². The van der Waals surface area contributed by atoms with E-state index in [0.717, 1.165) is 5.82 Å². The molecule has 0 aliphatic carbocycles. The van der Waals surface area contributed by atoms with Gasteiger partial charge in [-0.2, -0.15) is 4.98 Å². The predicted molar refractivity (Wildman–Crippen MR) is 72.6 cm³/mol. The van der Waals surface area contributed by atoms with Crippen molar-refractivity contribution in [1.82, 2.24) is 15.0 Å². The van der Waals surface area contributed by atoms with Crippen molar-refractivity contribution in [3.8, 4) is 0 Å². The normalized spacial score (nSPS) is 13.4. The quantitative estimate of drug-likeness (QED) is 0.830. The first-order valence-electron chi connectivity index (χ1n) is 6.14. The topological polar surface area (TPSA) is 42.2 Å². The highest BCUT2D eigenvalue weighted by atomic mass is 32.1. The third kappa shape index (κ3) is 2.97. The maximum atomic E-state index is 5.26. The van der Waals surface area contributed by atoms with E-state index in [4.69, 9.17) is 4.52 Å². The van der Waals surface area contributed by atoms with Crippen LogP contribution in [0.3, 0.4) is 0 Å². The van der Waals surface area contributed by atoms with E-state index < -0.39 is 0 Å². The molecule has 0 aliphatic rings. The van der Waals surface area contributed by atoms with Crippen LogP contribution < -0.4 is 0 Å². The van der Waals surface area contributed by atoms with Crippen LogP contribution in [0.25, 0.3) is 0 Å². The van der Waals surface area contributed by atoms with Gasteiger partial charge >= 0.3 is 0 Å². The zero-order chi connectivity index (χ0) is 13.1. The SMILES string of the molecule is CC(C)c1noc(CN(C)[C@H](C)c2cccs2)n1. The largest absolute Gasteiger partial charge is 0.338 e. The van der Waals surface area contributed by atoms with Crippen LogP contribution in [0.2, 0.25) is 0 Å². The molecule has 0 radical (unpaired) electrons. The van der Waals surface area contributed by atoms with Crippen molar-refractivity contribution in [2.75, 3.05) is 7.05 Å². The molecular weight excluding hydrogens is 246 g/mol. The lowest BCUT2D eigenvalue weighted by molar-refractivity contribution is 0.218. The first-order chi connectivity index (χ1) is 8.58. The molecule has 2 aromatic rings. The number of aromatic nitrogens is 2. The molecule has 0 saturated heterocycles. The van der Waals surface area contributed by atoms with E-state index in [-0.39, 0.29) is 0 Å². The van der Waals surface area contributed by atoms with Gasteiger partial charge in [0.2, 0.25) is 5.89 Å². The minimum atomic E-state index is 0.308. The average molecular weight is 265 g/mol. The van der Waals surface area contributed by atoms with Gasteiger partial charge in [0, 0.05) is 16.8 Å².